The second kappa shape index (κ2) is 20.5. The number of rotatable bonds is 11. The summed E-state index contributed by atoms with van der Waals surface area (Å²) in [7, 11) is 1.42. The van der Waals surface area contributed by atoms with Gasteiger partial charge in [0, 0.05) is 6.42 Å². The smallest absolute Gasteiger partial charge is 0.305 e. The molecule has 0 saturated carbocycles. The Balaban J connectivity index is 0. The predicted octanol–water partition coefficient (Wildman–Crippen LogP) is 3.62. The van der Waals surface area contributed by atoms with Gasteiger partial charge in [0.2, 0.25) is 0 Å². The Labute approximate surface area is 128 Å². The van der Waals surface area contributed by atoms with Gasteiger partial charge in [0.25, 0.3) is 0 Å². The van der Waals surface area contributed by atoms with Gasteiger partial charge in [0.05, 0.1) is 13.8 Å². The molecule has 0 saturated heterocycles. The van der Waals surface area contributed by atoms with Gasteiger partial charge in [-0.3, -0.25) is 10.1 Å². The maximum Gasteiger partial charge on any atom is 0.305 e. The number of esters is 1. The van der Waals surface area contributed by atoms with E-state index in [-0.39, 0.29) is 12.0 Å². The summed E-state index contributed by atoms with van der Waals surface area (Å²) in [5.41, 5.74) is 0. The van der Waals surface area contributed by atoms with Crippen molar-refractivity contribution in [2.75, 3.05) is 26.5 Å². The molecule has 118 valence electrons. The molecule has 0 aromatic carbocycles. The molecule has 0 heterocycles. The minimum Gasteiger partial charge on any atom is -0.469 e. The summed E-state index contributed by atoms with van der Waals surface area (Å²) in [5, 5.41) is 3.10. The molecule has 0 radical (unpaired) electrons. The van der Waals surface area contributed by atoms with Crippen LogP contribution in [-0.2, 0) is 14.3 Å². The second-order valence-electron chi connectivity index (χ2n) is 3.96. The van der Waals surface area contributed by atoms with Gasteiger partial charge in [-0.15, -0.1) is 0 Å². The van der Waals surface area contributed by atoms with Gasteiger partial charge in [0.15, 0.2) is 0 Å². The van der Waals surface area contributed by atoms with E-state index >= 15 is 0 Å². The number of unbranched alkanes of at least 4 members (excludes halogenated alkanes) is 3. The molecule has 0 aromatic heterocycles. The molecule has 20 heavy (non-hydrogen) atoms. The molecule has 5 heteroatoms. The summed E-state index contributed by atoms with van der Waals surface area (Å²) in [5.74, 6) is -0.122. The number of ether oxygens (including phenoxy) is 2. The number of carbonyl (C=O) groups excluding carboxylic acids is 1. The van der Waals surface area contributed by atoms with Crippen LogP contribution in [0.4, 0.5) is 0 Å². The maximum atomic E-state index is 10.8. The molecule has 0 rings (SSSR count). The number of halogens is 1. The van der Waals surface area contributed by atoms with Gasteiger partial charge in [-0.25, -0.2) is 0 Å². The summed E-state index contributed by atoms with van der Waals surface area (Å²) in [6.45, 7) is 6.85. The first-order valence-corrected chi connectivity index (χ1v) is 7.41. The summed E-state index contributed by atoms with van der Waals surface area (Å²) in [6, 6.07) is 0.228. The van der Waals surface area contributed by atoms with Crippen LogP contribution in [-0.4, -0.2) is 32.4 Å². The van der Waals surface area contributed by atoms with Crippen molar-refractivity contribution >= 4 is 17.6 Å². The van der Waals surface area contributed by atoms with Crippen molar-refractivity contribution in [1.82, 2.24) is 5.32 Å². The highest BCUT2D eigenvalue weighted by Gasteiger charge is 1.98. The minimum atomic E-state index is -0.122. The average Bonchev–Trinajstić information content (AvgIpc) is 2.46. The number of methoxy groups -OCH3 is 1. The van der Waals surface area contributed by atoms with Crippen LogP contribution in [0.25, 0.3) is 0 Å². The Kier molecular flexibility index (Phi) is 22.0. The molecule has 1 N–H and O–H groups in total. The maximum absolute atomic E-state index is 10.8. The first-order valence-electron chi connectivity index (χ1n) is 6.87. The van der Waals surface area contributed by atoms with Gasteiger partial charge in [0.1, 0.15) is 6.07 Å². The van der Waals surface area contributed by atoms with Gasteiger partial charge < -0.3 is 9.47 Å². The molecule has 0 atom stereocenters. The first kappa shape index (κ1) is 21.5. The van der Waals surface area contributed by atoms with Crippen molar-refractivity contribution < 1.29 is 14.3 Å². The minimum absolute atomic E-state index is 0.122. The highest BCUT2D eigenvalue weighted by molar-refractivity contribution is 6.17. The Morgan fingerprint density at radius 1 is 1.30 bits per heavy atom. The Hall–Kier alpha value is -0.840. The lowest BCUT2D eigenvalue weighted by Crippen LogP contribution is -2.18. The summed E-state index contributed by atoms with van der Waals surface area (Å²) in [6.07, 6.45) is 10.3. The van der Waals surface area contributed by atoms with E-state index in [1.54, 1.807) is 6.08 Å². The lowest BCUT2D eigenvalue weighted by Gasteiger charge is -2.03. The highest BCUT2D eigenvalue weighted by Crippen LogP contribution is 2.03. The Morgan fingerprint density at radius 3 is 2.50 bits per heavy atom. The topological polar surface area (TPSA) is 47.6 Å². The molecule has 0 bridgehead atoms. The Morgan fingerprint density at radius 2 is 2.00 bits per heavy atom. The Bertz CT molecular complexity index is 245. The zero-order chi connectivity index (χ0) is 15.5. The third kappa shape index (κ3) is 22.3. The van der Waals surface area contributed by atoms with Crippen LogP contribution >= 0.6 is 11.6 Å². The van der Waals surface area contributed by atoms with E-state index < -0.39 is 0 Å². The fourth-order valence-electron chi connectivity index (χ4n) is 1.29. The fourth-order valence-corrected chi connectivity index (χ4v) is 1.37. The molecule has 0 amide bonds. The normalized spacial score (nSPS) is 9.95. The van der Waals surface area contributed by atoms with Crippen LogP contribution in [0.2, 0.25) is 0 Å². The molecule has 4 nitrogen and oxygen atoms in total. The lowest BCUT2D eigenvalue weighted by atomic mass is 10.1. The molecule has 0 aliphatic heterocycles. The van der Waals surface area contributed by atoms with Crippen molar-refractivity contribution in [3.05, 3.63) is 24.8 Å². The SMILES string of the molecule is C=C/C=C\C.COC(=O)CCCCCCNCOCCl. The summed E-state index contributed by atoms with van der Waals surface area (Å²) < 4.78 is 9.44. The van der Waals surface area contributed by atoms with Crippen LogP contribution < -0.4 is 5.32 Å². The lowest BCUT2D eigenvalue weighted by molar-refractivity contribution is -0.140. The van der Waals surface area contributed by atoms with E-state index in [0.29, 0.717) is 13.2 Å². The number of nitrogens with one attached hydrogen (secondary N) is 1. The number of alkyl halides is 1. The van der Waals surface area contributed by atoms with E-state index in [1.807, 2.05) is 19.1 Å². The van der Waals surface area contributed by atoms with Crippen molar-refractivity contribution in [3.8, 4) is 0 Å². The van der Waals surface area contributed by atoms with Gasteiger partial charge in [-0.2, -0.15) is 0 Å². The van der Waals surface area contributed by atoms with E-state index in [1.165, 1.54) is 7.11 Å². The molecule has 0 aliphatic carbocycles. The van der Waals surface area contributed by atoms with Crippen LogP contribution in [0.3, 0.4) is 0 Å². The zero-order valence-corrected chi connectivity index (χ0v) is 13.5. The predicted molar refractivity (Wildman–Crippen MR) is 84.8 cm³/mol. The van der Waals surface area contributed by atoms with Crippen molar-refractivity contribution in [3.63, 3.8) is 0 Å². The zero-order valence-electron chi connectivity index (χ0n) is 12.7. The van der Waals surface area contributed by atoms with Crippen LogP contribution in [0, 0.1) is 0 Å². The summed E-state index contributed by atoms with van der Waals surface area (Å²) >= 11 is 5.32. The standard InChI is InChI=1S/C10H20ClNO3.C5H8/c1-14-10(13)6-4-2-3-5-7-12-9-15-8-11;1-3-5-4-2/h12H,2-9H2,1H3;3-5H,1H2,2H3/b;5-4-. The largest absolute Gasteiger partial charge is 0.469 e. The van der Waals surface area contributed by atoms with Crippen LogP contribution in [0.15, 0.2) is 24.8 Å². The van der Waals surface area contributed by atoms with E-state index in [9.17, 15) is 4.79 Å². The number of hydrogen-bond acceptors (Lipinski definition) is 4. The summed E-state index contributed by atoms with van der Waals surface area (Å²) in [4.78, 5) is 10.8. The third-order valence-corrected chi connectivity index (χ3v) is 2.48. The number of hydrogen-bond donors (Lipinski definition) is 1. The average molecular weight is 306 g/mol. The monoisotopic (exact) mass is 305 g/mol. The van der Waals surface area contributed by atoms with Crippen molar-refractivity contribution in [2.45, 2.75) is 39.0 Å². The van der Waals surface area contributed by atoms with Gasteiger partial charge in [-0.1, -0.05) is 49.2 Å². The first-order chi connectivity index (χ1) is 9.72. The molecular weight excluding hydrogens is 278 g/mol. The quantitative estimate of drug-likeness (QED) is 0.208. The molecule has 0 spiro atoms. The second-order valence-corrected chi connectivity index (χ2v) is 4.18. The van der Waals surface area contributed by atoms with Crippen molar-refractivity contribution in [2.24, 2.45) is 0 Å². The molecule has 0 aromatic rings. The van der Waals surface area contributed by atoms with E-state index in [4.69, 9.17) is 16.3 Å². The third-order valence-electron chi connectivity index (χ3n) is 2.32. The molecule has 0 unspecified atom stereocenters. The number of carbonyl (C=O) groups is 1. The van der Waals surface area contributed by atoms with Gasteiger partial charge in [-0.05, 0) is 26.3 Å². The molecule has 0 fully saturated rings. The molecule has 0 aliphatic rings. The molecular formula is C15H28ClNO3. The van der Waals surface area contributed by atoms with Crippen LogP contribution in [0.5, 0.6) is 0 Å². The van der Waals surface area contributed by atoms with Crippen molar-refractivity contribution in [1.29, 1.82) is 0 Å². The number of allylic oxidation sites excluding steroid dienone is 3. The highest BCUT2D eigenvalue weighted by atomic mass is 35.5. The van der Waals surface area contributed by atoms with Gasteiger partial charge >= 0.3 is 5.97 Å². The van der Waals surface area contributed by atoms with E-state index in [0.717, 1.165) is 32.2 Å². The van der Waals surface area contributed by atoms with Crippen LogP contribution in [0.1, 0.15) is 39.0 Å². The fraction of sp³-hybridized carbons (Fsp3) is 0.667. The van der Waals surface area contributed by atoms with E-state index in [2.05, 4.69) is 16.6 Å².